The summed E-state index contributed by atoms with van der Waals surface area (Å²) in [5.74, 6) is 0.263. The number of nitrogens with zero attached hydrogens (tertiary/aromatic N) is 3. The molecule has 4 rings (SSSR count). The van der Waals surface area contributed by atoms with E-state index in [0.29, 0.717) is 16.5 Å². The molecule has 0 aliphatic rings. The number of benzene rings is 3. The van der Waals surface area contributed by atoms with Crippen molar-refractivity contribution in [2.75, 3.05) is 5.32 Å². The van der Waals surface area contributed by atoms with Crippen LogP contribution in [0.1, 0.15) is 16.2 Å². The van der Waals surface area contributed by atoms with Gasteiger partial charge in [0.15, 0.2) is 5.82 Å². The topological polar surface area (TPSA) is 59.8 Å². The Morgan fingerprint density at radius 1 is 1.03 bits per heavy atom. The van der Waals surface area contributed by atoms with Crippen LogP contribution in [0.3, 0.4) is 0 Å². The van der Waals surface area contributed by atoms with E-state index in [1.165, 1.54) is 0 Å². The summed E-state index contributed by atoms with van der Waals surface area (Å²) in [7, 11) is 0. The molecule has 144 valence electrons. The molecule has 5 nitrogen and oxygen atoms in total. The van der Waals surface area contributed by atoms with Crippen molar-refractivity contribution in [1.29, 1.82) is 0 Å². The standard InChI is InChI=1S/C22H16BrClN4O/c1-14-3-2-4-18(13-14)25-22(29)20-26-21(15-5-9-17(24)10-6-15)28(27-20)19-11-7-16(23)8-12-19/h2-13H,1H3,(H,25,29). The lowest BCUT2D eigenvalue weighted by Gasteiger charge is -2.06. The second-order valence-corrected chi connectivity index (χ2v) is 7.83. The fourth-order valence-electron chi connectivity index (χ4n) is 2.87. The van der Waals surface area contributed by atoms with Gasteiger partial charge in [0.2, 0.25) is 5.82 Å². The molecule has 0 aliphatic carbocycles. The first-order chi connectivity index (χ1) is 14.0. The van der Waals surface area contributed by atoms with Crippen molar-refractivity contribution in [3.8, 4) is 17.1 Å². The fraction of sp³-hybridized carbons (Fsp3) is 0.0455. The predicted octanol–water partition coefficient (Wildman–Crippen LogP) is 5.91. The predicted molar refractivity (Wildman–Crippen MR) is 119 cm³/mol. The zero-order chi connectivity index (χ0) is 20.4. The largest absolute Gasteiger partial charge is 0.319 e. The molecule has 0 aliphatic heterocycles. The maximum Gasteiger partial charge on any atom is 0.295 e. The normalized spacial score (nSPS) is 10.7. The first-order valence-corrected chi connectivity index (χ1v) is 10.0. The van der Waals surface area contributed by atoms with Crippen molar-refractivity contribution >= 4 is 39.1 Å². The van der Waals surface area contributed by atoms with Crippen LogP contribution >= 0.6 is 27.5 Å². The summed E-state index contributed by atoms with van der Waals surface area (Å²) >= 11 is 9.46. The Bertz CT molecular complexity index is 1110. The molecule has 3 aromatic carbocycles. The molecule has 0 saturated heterocycles. The lowest BCUT2D eigenvalue weighted by Crippen LogP contribution is -2.14. The highest BCUT2D eigenvalue weighted by atomic mass is 79.9. The lowest BCUT2D eigenvalue weighted by molar-refractivity contribution is 0.101. The maximum absolute atomic E-state index is 12.8. The molecule has 4 aromatic rings. The van der Waals surface area contributed by atoms with E-state index in [4.69, 9.17) is 11.6 Å². The van der Waals surface area contributed by atoms with Gasteiger partial charge in [0.1, 0.15) is 0 Å². The Morgan fingerprint density at radius 2 is 1.76 bits per heavy atom. The molecule has 0 spiro atoms. The van der Waals surface area contributed by atoms with Crippen LogP contribution in [0.4, 0.5) is 5.69 Å². The SMILES string of the molecule is Cc1cccc(NC(=O)c2nc(-c3ccc(Cl)cc3)n(-c3ccc(Br)cc3)n2)c1. The van der Waals surface area contributed by atoms with Gasteiger partial charge in [-0.25, -0.2) is 9.67 Å². The molecule has 7 heteroatoms. The molecule has 0 saturated carbocycles. The van der Waals surface area contributed by atoms with Gasteiger partial charge in [-0.1, -0.05) is 39.7 Å². The molecule has 0 atom stereocenters. The number of rotatable bonds is 4. The Kier molecular flexibility index (Phi) is 5.47. The summed E-state index contributed by atoms with van der Waals surface area (Å²) in [5, 5.41) is 7.95. The third-order valence-corrected chi connectivity index (χ3v) is 5.04. The van der Waals surface area contributed by atoms with E-state index in [9.17, 15) is 4.79 Å². The maximum atomic E-state index is 12.8. The van der Waals surface area contributed by atoms with E-state index in [0.717, 1.165) is 21.3 Å². The average Bonchev–Trinajstić information content (AvgIpc) is 3.15. The zero-order valence-electron chi connectivity index (χ0n) is 15.4. The van der Waals surface area contributed by atoms with Gasteiger partial charge < -0.3 is 5.32 Å². The van der Waals surface area contributed by atoms with Gasteiger partial charge >= 0.3 is 0 Å². The Hall–Kier alpha value is -2.96. The van der Waals surface area contributed by atoms with Crippen molar-refractivity contribution in [3.05, 3.63) is 93.7 Å². The number of hydrogen-bond donors (Lipinski definition) is 1. The molecule has 0 radical (unpaired) electrons. The van der Waals surface area contributed by atoms with Gasteiger partial charge in [-0.3, -0.25) is 4.79 Å². The van der Waals surface area contributed by atoms with Crippen LogP contribution in [-0.2, 0) is 0 Å². The summed E-state index contributed by atoms with van der Waals surface area (Å²) in [6.07, 6.45) is 0. The Balaban J connectivity index is 1.75. The second-order valence-electron chi connectivity index (χ2n) is 6.48. The minimum Gasteiger partial charge on any atom is -0.319 e. The molecule has 1 aromatic heterocycles. The summed E-state index contributed by atoms with van der Waals surface area (Å²) in [6.45, 7) is 1.97. The monoisotopic (exact) mass is 466 g/mol. The van der Waals surface area contributed by atoms with E-state index in [-0.39, 0.29) is 11.7 Å². The summed E-state index contributed by atoms with van der Waals surface area (Å²) in [4.78, 5) is 17.3. The quantitative estimate of drug-likeness (QED) is 0.406. The van der Waals surface area contributed by atoms with Crippen molar-refractivity contribution in [3.63, 3.8) is 0 Å². The molecule has 0 fully saturated rings. The van der Waals surface area contributed by atoms with E-state index in [1.54, 1.807) is 16.8 Å². The van der Waals surface area contributed by atoms with Gasteiger partial charge in [-0.05, 0) is 73.2 Å². The highest BCUT2D eigenvalue weighted by Crippen LogP contribution is 2.24. The number of aromatic nitrogens is 3. The number of nitrogens with one attached hydrogen (secondary N) is 1. The molecular weight excluding hydrogens is 452 g/mol. The zero-order valence-corrected chi connectivity index (χ0v) is 17.8. The van der Waals surface area contributed by atoms with Gasteiger partial charge in [0.25, 0.3) is 5.91 Å². The third-order valence-electron chi connectivity index (χ3n) is 4.26. The lowest BCUT2D eigenvalue weighted by atomic mass is 10.2. The number of carbonyl (C=O) groups is 1. The summed E-state index contributed by atoms with van der Waals surface area (Å²) in [6, 6.07) is 22.5. The molecule has 1 heterocycles. The number of anilines is 1. The molecule has 1 N–H and O–H groups in total. The van der Waals surface area contributed by atoms with E-state index < -0.39 is 0 Å². The molecule has 1 amide bonds. The summed E-state index contributed by atoms with van der Waals surface area (Å²) in [5.41, 5.74) is 3.35. The fourth-order valence-corrected chi connectivity index (χ4v) is 3.26. The van der Waals surface area contributed by atoms with Crippen molar-refractivity contribution in [2.45, 2.75) is 6.92 Å². The number of halogens is 2. The van der Waals surface area contributed by atoms with Gasteiger partial charge in [-0.2, -0.15) is 0 Å². The van der Waals surface area contributed by atoms with Crippen LogP contribution in [0.2, 0.25) is 5.02 Å². The molecule has 29 heavy (non-hydrogen) atoms. The van der Waals surface area contributed by atoms with Crippen LogP contribution < -0.4 is 5.32 Å². The van der Waals surface area contributed by atoms with Crippen LogP contribution in [0.5, 0.6) is 0 Å². The number of carbonyl (C=O) groups excluding carboxylic acids is 1. The highest BCUT2D eigenvalue weighted by molar-refractivity contribution is 9.10. The number of amides is 1. The number of aryl methyl sites for hydroxylation is 1. The van der Waals surface area contributed by atoms with E-state index in [2.05, 4.69) is 31.3 Å². The molecule has 0 unspecified atom stereocenters. The molecule has 0 bridgehead atoms. The number of hydrogen-bond acceptors (Lipinski definition) is 3. The van der Waals surface area contributed by atoms with Crippen LogP contribution in [-0.4, -0.2) is 20.7 Å². The highest BCUT2D eigenvalue weighted by Gasteiger charge is 2.19. The Morgan fingerprint density at radius 3 is 2.45 bits per heavy atom. The van der Waals surface area contributed by atoms with Gasteiger partial charge in [0, 0.05) is 20.7 Å². The van der Waals surface area contributed by atoms with Crippen molar-refractivity contribution < 1.29 is 4.79 Å². The minimum atomic E-state index is -0.373. The van der Waals surface area contributed by atoms with Crippen molar-refractivity contribution in [1.82, 2.24) is 14.8 Å². The van der Waals surface area contributed by atoms with Gasteiger partial charge in [0.05, 0.1) is 5.69 Å². The summed E-state index contributed by atoms with van der Waals surface area (Å²) < 4.78 is 2.60. The second kappa shape index (κ2) is 8.19. The van der Waals surface area contributed by atoms with Crippen LogP contribution in [0.15, 0.2) is 77.3 Å². The smallest absolute Gasteiger partial charge is 0.295 e. The minimum absolute atomic E-state index is 0.0828. The van der Waals surface area contributed by atoms with E-state index >= 15 is 0 Å². The van der Waals surface area contributed by atoms with Gasteiger partial charge in [-0.15, -0.1) is 5.10 Å². The van der Waals surface area contributed by atoms with Crippen LogP contribution in [0, 0.1) is 6.92 Å². The molecular formula is C22H16BrClN4O. The Labute approximate surface area is 181 Å². The van der Waals surface area contributed by atoms with Crippen LogP contribution in [0.25, 0.3) is 17.1 Å². The first kappa shape index (κ1) is 19.4. The average molecular weight is 468 g/mol. The van der Waals surface area contributed by atoms with E-state index in [1.807, 2.05) is 67.6 Å². The first-order valence-electron chi connectivity index (χ1n) is 8.86. The third kappa shape index (κ3) is 4.39. The van der Waals surface area contributed by atoms with Crippen molar-refractivity contribution in [2.24, 2.45) is 0 Å².